The van der Waals surface area contributed by atoms with E-state index in [-0.39, 0.29) is 11.2 Å². The summed E-state index contributed by atoms with van der Waals surface area (Å²) in [5.74, 6) is 0.777. The maximum atomic E-state index is 13.7. The Kier molecular flexibility index (Phi) is 5.43. The maximum absolute atomic E-state index is 13.7. The van der Waals surface area contributed by atoms with Crippen LogP contribution < -0.4 is 4.74 Å². The molecule has 0 radical (unpaired) electrons. The van der Waals surface area contributed by atoms with E-state index in [9.17, 15) is 4.39 Å². The van der Waals surface area contributed by atoms with Gasteiger partial charge in [0.25, 0.3) is 0 Å². The first-order valence-corrected chi connectivity index (χ1v) is 13.2. The van der Waals surface area contributed by atoms with Crippen molar-refractivity contribution in [3.8, 4) is 38.8 Å². The molecular formula is C28H23FN6OS. The second-order valence-corrected chi connectivity index (χ2v) is 10.4. The van der Waals surface area contributed by atoms with Crippen molar-refractivity contribution in [2.24, 2.45) is 0 Å². The lowest BCUT2D eigenvalue weighted by Crippen LogP contribution is -2.19. The average molecular weight is 511 g/mol. The Morgan fingerprint density at radius 3 is 2.68 bits per heavy atom. The molecule has 2 N–H and O–H groups in total. The van der Waals surface area contributed by atoms with Crippen molar-refractivity contribution in [2.45, 2.75) is 38.2 Å². The first-order chi connectivity index (χ1) is 18.2. The van der Waals surface area contributed by atoms with Gasteiger partial charge >= 0.3 is 0 Å². The number of nitrogens with zero attached hydrogens (tertiary/aromatic N) is 4. The SMILES string of the molecule is Fc1ccc(-c2cncc3[nH]c(-c4n[nH]c5ccc(-c6cncc(OC7CCCCC7)c6)nc45)cc23)s1. The van der Waals surface area contributed by atoms with Gasteiger partial charge in [-0.25, -0.2) is 4.98 Å². The highest BCUT2D eigenvalue weighted by Gasteiger charge is 2.18. The van der Waals surface area contributed by atoms with Gasteiger partial charge in [0.15, 0.2) is 5.13 Å². The molecule has 0 saturated heterocycles. The Balaban J connectivity index is 1.26. The number of aromatic nitrogens is 6. The molecule has 1 aliphatic rings. The van der Waals surface area contributed by atoms with Gasteiger partial charge in [-0.3, -0.25) is 15.1 Å². The van der Waals surface area contributed by atoms with Crippen molar-refractivity contribution >= 4 is 33.3 Å². The van der Waals surface area contributed by atoms with Gasteiger partial charge in [0.2, 0.25) is 0 Å². The van der Waals surface area contributed by atoms with Crippen LogP contribution in [0.5, 0.6) is 5.75 Å². The Hall–Kier alpha value is -4.11. The van der Waals surface area contributed by atoms with Crippen LogP contribution in [0.15, 0.2) is 61.2 Å². The maximum Gasteiger partial charge on any atom is 0.176 e. The summed E-state index contributed by atoms with van der Waals surface area (Å²) < 4.78 is 19.9. The molecule has 9 heteroatoms. The number of pyridine rings is 3. The van der Waals surface area contributed by atoms with Crippen molar-refractivity contribution in [2.75, 3.05) is 0 Å². The number of halogens is 1. The number of hydrogen-bond acceptors (Lipinski definition) is 6. The zero-order valence-electron chi connectivity index (χ0n) is 19.9. The number of aromatic amines is 2. The van der Waals surface area contributed by atoms with Gasteiger partial charge in [-0.1, -0.05) is 6.42 Å². The first kappa shape index (κ1) is 22.1. The molecule has 0 bridgehead atoms. The van der Waals surface area contributed by atoms with E-state index in [1.165, 1.54) is 25.3 Å². The van der Waals surface area contributed by atoms with Gasteiger partial charge < -0.3 is 9.72 Å². The monoisotopic (exact) mass is 510 g/mol. The summed E-state index contributed by atoms with van der Waals surface area (Å²) in [6.45, 7) is 0. The molecule has 1 saturated carbocycles. The van der Waals surface area contributed by atoms with Crippen LogP contribution in [0.4, 0.5) is 4.39 Å². The summed E-state index contributed by atoms with van der Waals surface area (Å²) in [5.41, 5.74) is 6.52. The normalized spacial score (nSPS) is 14.5. The third kappa shape index (κ3) is 4.15. The molecule has 0 aromatic carbocycles. The van der Waals surface area contributed by atoms with E-state index in [2.05, 4.69) is 25.1 Å². The van der Waals surface area contributed by atoms with Crippen molar-refractivity contribution in [3.63, 3.8) is 0 Å². The highest BCUT2D eigenvalue weighted by molar-refractivity contribution is 7.14. The molecule has 0 spiro atoms. The Labute approximate surface area is 215 Å². The van der Waals surface area contributed by atoms with Crippen LogP contribution >= 0.6 is 11.3 Å². The minimum atomic E-state index is -0.222. The average Bonchev–Trinajstić information content (AvgIpc) is 3.66. The molecular weight excluding hydrogens is 487 g/mol. The lowest BCUT2D eigenvalue weighted by Gasteiger charge is -2.22. The van der Waals surface area contributed by atoms with Gasteiger partial charge in [0.05, 0.1) is 40.9 Å². The topological polar surface area (TPSA) is 92.4 Å². The summed E-state index contributed by atoms with van der Waals surface area (Å²) >= 11 is 1.11. The Bertz CT molecular complexity index is 1730. The second kappa shape index (κ2) is 9.08. The van der Waals surface area contributed by atoms with Crippen LogP contribution in [0.1, 0.15) is 32.1 Å². The fourth-order valence-corrected chi connectivity index (χ4v) is 5.84. The molecule has 6 heterocycles. The van der Waals surface area contributed by atoms with Gasteiger partial charge in [0, 0.05) is 33.8 Å². The molecule has 0 aliphatic heterocycles. The second-order valence-electron chi connectivity index (χ2n) is 9.39. The Morgan fingerprint density at radius 1 is 0.919 bits per heavy atom. The third-order valence-electron chi connectivity index (χ3n) is 6.91. The number of ether oxygens (including phenoxy) is 1. The van der Waals surface area contributed by atoms with Crippen LogP contribution in [0.2, 0.25) is 0 Å². The van der Waals surface area contributed by atoms with E-state index in [1.54, 1.807) is 24.7 Å². The first-order valence-electron chi connectivity index (χ1n) is 12.4. The highest BCUT2D eigenvalue weighted by atomic mass is 32.1. The van der Waals surface area contributed by atoms with Gasteiger partial charge in [-0.05, 0) is 62.1 Å². The molecule has 6 aromatic rings. The summed E-state index contributed by atoms with van der Waals surface area (Å²) in [6.07, 6.45) is 13.3. The zero-order chi connectivity index (χ0) is 24.8. The molecule has 184 valence electrons. The minimum absolute atomic E-state index is 0.222. The van der Waals surface area contributed by atoms with E-state index < -0.39 is 0 Å². The Morgan fingerprint density at radius 2 is 1.81 bits per heavy atom. The van der Waals surface area contributed by atoms with E-state index in [1.807, 2.05) is 30.5 Å². The fourth-order valence-electron chi connectivity index (χ4n) is 5.08. The quantitative estimate of drug-likeness (QED) is 0.257. The summed E-state index contributed by atoms with van der Waals surface area (Å²) in [4.78, 5) is 18.0. The number of thiophene rings is 1. The van der Waals surface area contributed by atoms with Crippen molar-refractivity contribution in [3.05, 3.63) is 66.3 Å². The number of hydrogen-bond donors (Lipinski definition) is 2. The highest BCUT2D eigenvalue weighted by Crippen LogP contribution is 2.36. The lowest BCUT2D eigenvalue weighted by atomic mass is 9.98. The molecule has 1 aliphatic carbocycles. The molecule has 0 unspecified atom stereocenters. The van der Waals surface area contributed by atoms with Gasteiger partial charge in [0.1, 0.15) is 17.0 Å². The van der Waals surface area contributed by atoms with Gasteiger partial charge in [-0.2, -0.15) is 9.49 Å². The van der Waals surface area contributed by atoms with Crippen LogP contribution in [0, 0.1) is 5.13 Å². The molecule has 1 fully saturated rings. The zero-order valence-corrected chi connectivity index (χ0v) is 20.7. The largest absolute Gasteiger partial charge is 0.489 e. The summed E-state index contributed by atoms with van der Waals surface area (Å²) in [7, 11) is 0. The molecule has 37 heavy (non-hydrogen) atoms. The predicted octanol–water partition coefficient (Wildman–Crippen LogP) is 7.14. The standard InChI is InChI=1S/C28H23FN6OS/c29-26-9-8-25(37-26)20-14-31-15-24-19(20)11-23(32-24)28-27-22(34-35-28)7-6-21(33-27)16-10-18(13-30-12-16)36-17-4-2-1-3-5-17/h6-15,17,32H,1-5H2,(H,34,35). The number of fused-ring (bicyclic) bond motifs is 2. The van der Waals surface area contributed by atoms with E-state index in [0.717, 1.165) is 79.3 Å². The number of nitrogens with one attached hydrogen (secondary N) is 2. The van der Waals surface area contributed by atoms with E-state index in [4.69, 9.17) is 9.72 Å². The lowest BCUT2D eigenvalue weighted by molar-refractivity contribution is 0.154. The van der Waals surface area contributed by atoms with Crippen molar-refractivity contribution in [1.82, 2.24) is 30.1 Å². The van der Waals surface area contributed by atoms with E-state index in [0.29, 0.717) is 5.69 Å². The molecule has 6 aromatic heterocycles. The summed E-state index contributed by atoms with van der Waals surface area (Å²) in [6, 6.07) is 11.2. The molecule has 0 atom stereocenters. The van der Waals surface area contributed by atoms with Crippen molar-refractivity contribution in [1.29, 1.82) is 0 Å². The van der Waals surface area contributed by atoms with Crippen LogP contribution in [-0.2, 0) is 0 Å². The van der Waals surface area contributed by atoms with E-state index >= 15 is 0 Å². The molecule has 7 nitrogen and oxygen atoms in total. The van der Waals surface area contributed by atoms with Crippen LogP contribution in [-0.4, -0.2) is 36.2 Å². The smallest absolute Gasteiger partial charge is 0.176 e. The summed E-state index contributed by atoms with van der Waals surface area (Å²) in [5, 5.41) is 8.38. The van der Waals surface area contributed by atoms with Crippen LogP contribution in [0.25, 0.3) is 55.0 Å². The number of H-pyrrole nitrogens is 2. The number of rotatable bonds is 5. The van der Waals surface area contributed by atoms with Crippen molar-refractivity contribution < 1.29 is 9.13 Å². The minimum Gasteiger partial charge on any atom is -0.489 e. The third-order valence-corrected chi connectivity index (χ3v) is 7.82. The van der Waals surface area contributed by atoms with Crippen LogP contribution in [0.3, 0.4) is 0 Å². The molecule has 7 rings (SSSR count). The fraction of sp³-hybridized carbons (Fsp3) is 0.214. The predicted molar refractivity (Wildman–Crippen MR) is 143 cm³/mol. The van der Waals surface area contributed by atoms with Gasteiger partial charge in [-0.15, -0.1) is 11.3 Å². The molecule has 0 amide bonds.